The van der Waals surface area contributed by atoms with Crippen LogP contribution < -0.4 is 5.32 Å². The van der Waals surface area contributed by atoms with Crippen molar-refractivity contribution in [2.45, 2.75) is 12.3 Å². The van der Waals surface area contributed by atoms with Gasteiger partial charge in [-0.3, -0.25) is 0 Å². The lowest BCUT2D eigenvalue weighted by Crippen LogP contribution is -2.37. The zero-order chi connectivity index (χ0) is 12.0. The van der Waals surface area contributed by atoms with Crippen molar-refractivity contribution in [3.63, 3.8) is 0 Å². The summed E-state index contributed by atoms with van der Waals surface area (Å²) in [6.07, 6.45) is -1.77. The molecule has 1 atom stereocenters. The third-order valence-corrected chi connectivity index (χ3v) is 2.17. The number of rotatable bonds is 5. The molecular formula is C11H15NO4. The molecule has 2 N–H and O–H groups in total. The van der Waals surface area contributed by atoms with E-state index < -0.39 is 18.4 Å². The summed E-state index contributed by atoms with van der Waals surface area (Å²) < 4.78 is 10.1. The topological polar surface area (TPSA) is 67.8 Å². The van der Waals surface area contributed by atoms with Crippen LogP contribution in [0.1, 0.15) is 11.6 Å². The Morgan fingerprint density at radius 3 is 2.25 bits per heavy atom. The third-order valence-electron chi connectivity index (χ3n) is 2.17. The van der Waals surface area contributed by atoms with Crippen molar-refractivity contribution in [2.75, 3.05) is 14.2 Å². The minimum Gasteiger partial charge on any atom is -0.465 e. The fourth-order valence-corrected chi connectivity index (χ4v) is 1.47. The first-order valence-corrected chi connectivity index (χ1v) is 4.79. The number of carboxylic acid groups (broad SMARTS) is 1. The third kappa shape index (κ3) is 3.22. The Labute approximate surface area is 94.0 Å². The molecule has 1 rings (SSSR count). The summed E-state index contributed by atoms with van der Waals surface area (Å²) in [5.74, 6) is 0. The van der Waals surface area contributed by atoms with E-state index in [-0.39, 0.29) is 0 Å². The molecule has 0 radical (unpaired) electrons. The van der Waals surface area contributed by atoms with Gasteiger partial charge in [-0.15, -0.1) is 0 Å². The predicted molar refractivity (Wildman–Crippen MR) is 58.1 cm³/mol. The lowest BCUT2D eigenvalue weighted by atomic mass is 10.1. The zero-order valence-corrected chi connectivity index (χ0v) is 9.21. The molecule has 0 aliphatic rings. The maximum absolute atomic E-state index is 10.7. The monoisotopic (exact) mass is 225 g/mol. The second kappa shape index (κ2) is 6.09. The van der Waals surface area contributed by atoms with E-state index in [1.807, 2.05) is 30.3 Å². The van der Waals surface area contributed by atoms with Gasteiger partial charge < -0.3 is 19.9 Å². The average Bonchev–Trinajstić information content (AvgIpc) is 2.30. The van der Waals surface area contributed by atoms with E-state index in [2.05, 4.69) is 5.32 Å². The second-order valence-electron chi connectivity index (χ2n) is 3.18. The number of nitrogens with one attached hydrogen (secondary N) is 1. The molecule has 0 saturated carbocycles. The van der Waals surface area contributed by atoms with E-state index >= 15 is 0 Å². The van der Waals surface area contributed by atoms with Crippen molar-refractivity contribution >= 4 is 6.09 Å². The Morgan fingerprint density at radius 2 is 1.81 bits per heavy atom. The quantitative estimate of drug-likeness (QED) is 0.747. The van der Waals surface area contributed by atoms with Crippen LogP contribution in [-0.4, -0.2) is 31.7 Å². The maximum Gasteiger partial charge on any atom is 0.405 e. The van der Waals surface area contributed by atoms with E-state index in [4.69, 9.17) is 14.6 Å². The van der Waals surface area contributed by atoms with Crippen molar-refractivity contribution in [2.24, 2.45) is 0 Å². The van der Waals surface area contributed by atoms with Crippen LogP contribution in [-0.2, 0) is 9.47 Å². The van der Waals surface area contributed by atoms with Crippen LogP contribution in [0.4, 0.5) is 4.79 Å². The van der Waals surface area contributed by atoms with Crippen molar-refractivity contribution in [3.05, 3.63) is 35.9 Å². The Balaban J connectivity index is 2.90. The fourth-order valence-electron chi connectivity index (χ4n) is 1.47. The molecule has 88 valence electrons. The highest BCUT2D eigenvalue weighted by molar-refractivity contribution is 5.65. The highest BCUT2D eigenvalue weighted by Crippen LogP contribution is 2.19. The molecule has 0 bridgehead atoms. The molecule has 16 heavy (non-hydrogen) atoms. The van der Waals surface area contributed by atoms with Crippen LogP contribution in [0.2, 0.25) is 0 Å². The van der Waals surface area contributed by atoms with Gasteiger partial charge in [0.05, 0.1) is 0 Å². The molecule has 1 aromatic carbocycles. The van der Waals surface area contributed by atoms with E-state index in [1.54, 1.807) is 0 Å². The van der Waals surface area contributed by atoms with Crippen molar-refractivity contribution < 1.29 is 19.4 Å². The highest BCUT2D eigenvalue weighted by atomic mass is 16.7. The molecule has 0 spiro atoms. The predicted octanol–water partition coefficient (Wildman–Crippen LogP) is 1.61. The SMILES string of the molecule is COC(OC)C(NC(=O)O)c1ccccc1. The van der Waals surface area contributed by atoms with Gasteiger partial charge in [0, 0.05) is 14.2 Å². The van der Waals surface area contributed by atoms with Gasteiger partial charge in [-0.25, -0.2) is 4.79 Å². The molecule has 1 aromatic rings. The molecule has 0 saturated heterocycles. The molecule has 5 heteroatoms. The number of hydrogen-bond acceptors (Lipinski definition) is 3. The molecular weight excluding hydrogens is 210 g/mol. The second-order valence-corrected chi connectivity index (χ2v) is 3.18. The smallest absolute Gasteiger partial charge is 0.405 e. The first-order valence-electron chi connectivity index (χ1n) is 4.79. The number of ether oxygens (including phenoxy) is 2. The van der Waals surface area contributed by atoms with Crippen LogP contribution in [0, 0.1) is 0 Å². The number of carbonyl (C=O) groups is 1. The summed E-state index contributed by atoms with van der Waals surface area (Å²) in [7, 11) is 2.93. The Kier molecular flexibility index (Phi) is 4.75. The van der Waals surface area contributed by atoms with Crippen LogP contribution in [0.25, 0.3) is 0 Å². The summed E-state index contributed by atoms with van der Waals surface area (Å²) in [4.78, 5) is 10.7. The number of benzene rings is 1. The molecule has 1 unspecified atom stereocenters. The molecule has 5 nitrogen and oxygen atoms in total. The van der Waals surface area contributed by atoms with Crippen LogP contribution >= 0.6 is 0 Å². The number of methoxy groups -OCH3 is 2. The normalized spacial score (nSPS) is 12.4. The summed E-state index contributed by atoms with van der Waals surface area (Å²) in [5.41, 5.74) is 0.790. The van der Waals surface area contributed by atoms with Crippen LogP contribution in [0.15, 0.2) is 30.3 Å². The summed E-state index contributed by atoms with van der Waals surface area (Å²) in [6.45, 7) is 0. The Bertz CT molecular complexity index is 324. The van der Waals surface area contributed by atoms with E-state index in [0.29, 0.717) is 0 Å². The van der Waals surface area contributed by atoms with E-state index in [9.17, 15) is 4.79 Å². The van der Waals surface area contributed by atoms with Gasteiger partial charge in [0.1, 0.15) is 6.04 Å². The van der Waals surface area contributed by atoms with Gasteiger partial charge in [-0.1, -0.05) is 30.3 Å². The van der Waals surface area contributed by atoms with Crippen LogP contribution in [0.3, 0.4) is 0 Å². The van der Waals surface area contributed by atoms with E-state index in [1.165, 1.54) is 14.2 Å². The fraction of sp³-hybridized carbons (Fsp3) is 0.364. The largest absolute Gasteiger partial charge is 0.465 e. The van der Waals surface area contributed by atoms with Gasteiger partial charge in [0.2, 0.25) is 0 Å². The molecule has 0 aliphatic carbocycles. The van der Waals surface area contributed by atoms with Gasteiger partial charge in [-0.2, -0.15) is 0 Å². The summed E-state index contributed by atoms with van der Waals surface area (Å²) >= 11 is 0. The number of amides is 1. The zero-order valence-electron chi connectivity index (χ0n) is 9.21. The lowest BCUT2D eigenvalue weighted by Gasteiger charge is -2.24. The minimum atomic E-state index is -1.12. The van der Waals surface area contributed by atoms with Gasteiger partial charge in [0.25, 0.3) is 0 Å². The molecule has 0 aromatic heterocycles. The molecule has 0 heterocycles. The van der Waals surface area contributed by atoms with Crippen molar-refractivity contribution in [1.82, 2.24) is 5.32 Å². The summed E-state index contributed by atoms with van der Waals surface area (Å²) in [6, 6.07) is 8.59. The van der Waals surface area contributed by atoms with Crippen LogP contribution in [0.5, 0.6) is 0 Å². The van der Waals surface area contributed by atoms with Crippen molar-refractivity contribution in [1.29, 1.82) is 0 Å². The average molecular weight is 225 g/mol. The maximum atomic E-state index is 10.7. The highest BCUT2D eigenvalue weighted by Gasteiger charge is 2.24. The van der Waals surface area contributed by atoms with Gasteiger partial charge in [0.15, 0.2) is 6.29 Å². The minimum absolute atomic E-state index is 0.548. The number of hydrogen-bond donors (Lipinski definition) is 2. The molecule has 1 amide bonds. The Morgan fingerprint density at radius 1 is 1.25 bits per heavy atom. The molecule has 0 fully saturated rings. The standard InChI is InChI=1S/C11H15NO4/c1-15-10(16-2)9(12-11(13)14)8-6-4-3-5-7-8/h3-7,9-10,12H,1-2H3,(H,13,14). The molecule has 0 aliphatic heterocycles. The first-order chi connectivity index (χ1) is 7.69. The van der Waals surface area contributed by atoms with Gasteiger partial charge >= 0.3 is 6.09 Å². The van der Waals surface area contributed by atoms with E-state index in [0.717, 1.165) is 5.56 Å². The lowest BCUT2D eigenvalue weighted by molar-refractivity contribution is -0.122. The Hall–Kier alpha value is -1.59. The van der Waals surface area contributed by atoms with Crippen molar-refractivity contribution in [3.8, 4) is 0 Å². The summed E-state index contributed by atoms with van der Waals surface area (Å²) in [5, 5.41) is 11.1. The first kappa shape index (κ1) is 12.5. The van der Waals surface area contributed by atoms with Gasteiger partial charge in [-0.05, 0) is 5.56 Å².